The van der Waals surface area contributed by atoms with E-state index in [1.54, 1.807) is 19.9 Å². The van der Waals surface area contributed by atoms with Gasteiger partial charge in [-0.1, -0.05) is 25.4 Å². The van der Waals surface area contributed by atoms with Gasteiger partial charge in [0.05, 0.1) is 5.02 Å². The summed E-state index contributed by atoms with van der Waals surface area (Å²) in [7, 11) is -3.67. The Morgan fingerprint density at radius 1 is 1.36 bits per heavy atom. The second-order valence-electron chi connectivity index (χ2n) is 6.18. The molecule has 1 aliphatic rings. The van der Waals surface area contributed by atoms with Crippen LogP contribution in [0.3, 0.4) is 0 Å². The van der Waals surface area contributed by atoms with Crippen molar-refractivity contribution < 1.29 is 13.2 Å². The summed E-state index contributed by atoms with van der Waals surface area (Å²) in [6.07, 6.45) is 2.35. The van der Waals surface area contributed by atoms with Crippen molar-refractivity contribution in [3.63, 3.8) is 0 Å². The van der Waals surface area contributed by atoms with Crippen LogP contribution in [0.25, 0.3) is 0 Å². The number of anilines is 1. The van der Waals surface area contributed by atoms with Gasteiger partial charge in [0, 0.05) is 25.2 Å². The smallest absolute Gasteiger partial charge is 0.244 e. The average Bonchev–Trinajstić information content (AvgIpc) is 3.09. The molecule has 1 aromatic carbocycles. The number of hydrogen-bond acceptors (Lipinski definition) is 4. The van der Waals surface area contributed by atoms with Gasteiger partial charge in [-0.05, 0) is 50.0 Å². The number of nitrogens with one attached hydrogen (secondary N) is 2. The molecule has 1 fully saturated rings. The van der Waals surface area contributed by atoms with E-state index in [2.05, 4.69) is 10.6 Å². The average molecular weight is 388 g/mol. The molecular weight excluding hydrogens is 362 g/mol. The molecule has 0 radical (unpaired) electrons. The van der Waals surface area contributed by atoms with E-state index in [0.29, 0.717) is 31.1 Å². The van der Waals surface area contributed by atoms with Crippen LogP contribution in [-0.4, -0.2) is 44.8 Å². The van der Waals surface area contributed by atoms with Crippen molar-refractivity contribution in [3.8, 4) is 0 Å². The summed E-state index contributed by atoms with van der Waals surface area (Å²) in [6.45, 7) is 6.25. The Labute approximate surface area is 155 Å². The highest BCUT2D eigenvalue weighted by atomic mass is 35.5. The molecule has 8 heteroatoms. The molecule has 2 N–H and O–H groups in total. The van der Waals surface area contributed by atoms with Crippen LogP contribution in [-0.2, 0) is 14.8 Å². The second kappa shape index (κ2) is 8.98. The minimum Gasteiger partial charge on any atom is -0.326 e. The highest BCUT2D eigenvalue weighted by molar-refractivity contribution is 7.89. The maximum atomic E-state index is 12.7. The van der Waals surface area contributed by atoms with Gasteiger partial charge in [0.2, 0.25) is 15.9 Å². The molecule has 1 amide bonds. The SMILES string of the molecule is CCN(CC)S(=O)(=O)c1cc(NC(=O)CCC2CCNC2)ccc1Cl. The summed E-state index contributed by atoms with van der Waals surface area (Å²) in [4.78, 5) is 12.2. The van der Waals surface area contributed by atoms with E-state index >= 15 is 0 Å². The number of carbonyl (C=O) groups is 1. The summed E-state index contributed by atoms with van der Waals surface area (Å²) < 4.78 is 26.7. The van der Waals surface area contributed by atoms with Crippen LogP contribution in [0.1, 0.15) is 33.1 Å². The number of halogens is 1. The molecule has 1 atom stereocenters. The monoisotopic (exact) mass is 387 g/mol. The third kappa shape index (κ3) is 5.17. The Bertz CT molecular complexity index is 699. The zero-order valence-electron chi connectivity index (χ0n) is 14.7. The number of rotatable bonds is 8. The lowest BCUT2D eigenvalue weighted by atomic mass is 10.0. The van der Waals surface area contributed by atoms with E-state index in [9.17, 15) is 13.2 Å². The van der Waals surface area contributed by atoms with Gasteiger partial charge in [-0.2, -0.15) is 4.31 Å². The Balaban J connectivity index is 2.08. The molecule has 0 aliphatic carbocycles. The molecule has 0 bridgehead atoms. The lowest BCUT2D eigenvalue weighted by Gasteiger charge is -2.19. The number of nitrogens with zero attached hydrogens (tertiary/aromatic N) is 1. The van der Waals surface area contributed by atoms with Crippen LogP contribution < -0.4 is 10.6 Å². The first kappa shape index (κ1) is 20.2. The van der Waals surface area contributed by atoms with Crippen LogP contribution in [0.4, 0.5) is 5.69 Å². The standard InChI is InChI=1S/C17H26ClN3O3S/c1-3-21(4-2)25(23,24)16-11-14(6-7-15(16)18)20-17(22)8-5-13-9-10-19-12-13/h6-7,11,13,19H,3-5,8-10,12H2,1-2H3,(H,20,22). The lowest BCUT2D eigenvalue weighted by Crippen LogP contribution is -2.30. The number of sulfonamides is 1. The number of amides is 1. The molecule has 1 unspecified atom stereocenters. The second-order valence-corrected chi connectivity index (χ2v) is 8.49. The molecule has 1 saturated heterocycles. The van der Waals surface area contributed by atoms with Crippen LogP contribution in [0, 0.1) is 5.92 Å². The van der Waals surface area contributed by atoms with Gasteiger partial charge in [0.25, 0.3) is 0 Å². The van der Waals surface area contributed by atoms with Gasteiger partial charge in [0.1, 0.15) is 4.90 Å². The molecule has 2 rings (SSSR count). The fourth-order valence-corrected chi connectivity index (χ4v) is 4.96. The van der Waals surface area contributed by atoms with Gasteiger partial charge in [-0.25, -0.2) is 8.42 Å². The topological polar surface area (TPSA) is 78.5 Å². The first-order chi connectivity index (χ1) is 11.9. The lowest BCUT2D eigenvalue weighted by molar-refractivity contribution is -0.116. The molecular formula is C17H26ClN3O3S. The number of benzene rings is 1. The van der Waals surface area contributed by atoms with Crippen molar-refractivity contribution in [1.82, 2.24) is 9.62 Å². The Morgan fingerprint density at radius 3 is 2.68 bits per heavy atom. The van der Waals surface area contributed by atoms with Gasteiger partial charge < -0.3 is 10.6 Å². The van der Waals surface area contributed by atoms with Crippen LogP contribution in [0.2, 0.25) is 5.02 Å². The van der Waals surface area contributed by atoms with Crippen LogP contribution in [0.5, 0.6) is 0 Å². The Hall–Kier alpha value is -1.15. The molecule has 1 aromatic rings. The van der Waals surface area contributed by atoms with E-state index in [0.717, 1.165) is 25.9 Å². The maximum Gasteiger partial charge on any atom is 0.244 e. The first-order valence-corrected chi connectivity index (χ1v) is 10.5. The summed E-state index contributed by atoms with van der Waals surface area (Å²) >= 11 is 6.10. The van der Waals surface area contributed by atoms with E-state index < -0.39 is 10.0 Å². The molecule has 0 aromatic heterocycles. The van der Waals surface area contributed by atoms with E-state index in [4.69, 9.17) is 11.6 Å². The van der Waals surface area contributed by atoms with E-state index in [-0.39, 0.29) is 15.8 Å². The summed E-state index contributed by atoms with van der Waals surface area (Å²) in [5.74, 6) is 0.426. The minimum atomic E-state index is -3.67. The van der Waals surface area contributed by atoms with Gasteiger partial charge in [0.15, 0.2) is 0 Å². The van der Waals surface area contributed by atoms with Gasteiger partial charge >= 0.3 is 0 Å². The maximum absolute atomic E-state index is 12.7. The van der Waals surface area contributed by atoms with Crippen molar-refractivity contribution in [1.29, 1.82) is 0 Å². The summed E-state index contributed by atoms with van der Waals surface area (Å²) in [6, 6.07) is 4.57. The number of hydrogen-bond donors (Lipinski definition) is 2. The molecule has 1 heterocycles. The summed E-state index contributed by atoms with van der Waals surface area (Å²) in [5, 5.41) is 6.21. The van der Waals surface area contributed by atoms with Crippen molar-refractivity contribution in [2.75, 3.05) is 31.5 Å². The third-order valence-corrected chi connectivity index (χ3v) is 7.01. The minimum absolute atomic E-state index is 0.0238. The van der Waals surface area contributed by atoms with Gasteiger partial charge in [-0.3, -0.25) is 4.79 Å². The van der Waals surface area contributed by atoms with Crippen molar-refractivity contribution in [3.05, 3.63) is 23.2 Å². The zero-order valence-corrected chi connectivity index (χ0v) is 16.3. The molecule has 0 saturated carbocycles. The first-order valence-electron chi connectivity index (χ1n) is 8.68. The zero-order chi connectivity index (χ0) is 18.4. The Morgan fingerprint density at radius 2 is 2.08 bits per heavy atom. The molecule has 6 nitrogen and oxygen atoms in total. The fourth-order valence-electron chi connectivity index (χ4n) is 3.00. The molecule has 25 heavy (non-hydrogen) atoms. The van der Waals surface area contributed by atoms with Crippen LogP contribution >= 0.6 is 11.6 Å². The van der Waals surface area contributed by atoms with Crippen molar-refractivity contribution in [2.24, 2.45) is 5.92 Å². The predicted molar refractivity (Wildman–Crippen MR) is 100 cm³/mol. The van der Waals surface area contributed by atoms with Crippen molar-refractivity contribution in [2.45, 2.75) is 38.0 Å². The van der Waals surface area contributed by atoms with Crippen molar-refractivity contribution >= 4 is 33.2 Å². The number of carbonyl (C=O) groups excluding carboxylic acids is 1. The molecule has 0 spiro atoms. The summed E-state index contributed by atoms with van der Waals surface area (Å²) in [5.41, 5.74) is 0.449. The molecule has 140 valence electrons. The third-order valence-electron chi connectivity index (χ3n) is 4.48. The normalized spacial score (nSPS) is 17.8. The Kier molecular flexibility index (Phi) is 7.25. The van der Waals surface area contributed by atoms with Crippen LogP contribution in [0.15, 0.2) is 23.1 Å². The fraction of sp³-hybridized carbons (Fsp3) is 0.588. The molecule has 1 aliphatic heterocycles. The highest BCUT2D eigenvalue weighted by Crippen LogP contribution is 2.28. The largest absolute Gasteiger partial charge is 0.326 e. The predicted octanol–water partition coefficient (Wildman–Crippen LogP) is 2.70. The van der Waals surface area contributed by atoms with E-state index in [1.807, 2.05) is 0 Å². The highest BCUT2D eigenvalue weighted by Gasteiger charge is 2.25. The quantitative estimate of drug-likeness (QED) is 0.718. The van der Waals surface area contributed by atoms with Gasteiger partial charge in [-0.15, -0.1) is 0 Å². The van der Waals surface area contributed by atoms with E-state index in [1.165, 1.54) is 16.4 Å².